The minimum absolute atomic E-state index is 0.448. The van der Waals surface area contributed by atoms with Gasteiger partial charge in [-0.1, -0.05) is 26.0 Å². The third-order valence-electron chi connectivity index (χ3n) is 2.78. The van der Waals surface area contributed by atoms with E-state index in [0.717, 1.165) is 28.7 Å². The lowest BCUT2D eigenvalue weighted by Gasteiger charge is -2.16. The van der Waals surface area contributed by atoms with E-state index in [1.54, 1.807) is 0 Å². The molecule has 0 aliphatic rings. The van der Waals surface area contributed by atoms with Crippen LogP contribution in [0.1, 0.15) is 20.8 Å². The molecule has 1 aromatic carbocycles. The van der Waals surface area contributed by atoms with Crippen molar-refractivity contribution in [1.29, 1.82) is 0 Å². The molecule has 0 saturated carbocycles. The van der Waals surface area contributed by atoms with Crippen molar-refractivity contribution in [3.63, 3.8) is 0 Å². The van der Waals surface area contributed by atoms with E-state index in [9.17, 15) is 0 Å². The molecule has 1 atom stereocenters. The number of hydrogen-bond donors (Lipinski definition) is 2. The summed E-state index contributed by atoms with van der Waals surface area (Å²) in [4.78, 5) is 4.18. The number of hydrogen-bond acceptors (Lipinski definition) is 4. The Balaban J connectivity index is 1.91. The molecule has 0 fully saturated rings. The predicted octanol–water partition coefficient (Wildman–Crippen LogP) is 3.66. The molecule has 0 unspecified atom stereocenters. The van der Waals surface area contributed by atoms with Crippen molar-refractivity contribution in [2.75, 3.05) is 16.8 Å². The first-order chi connectivity index (χ1) is 9.65. The summed E-state index contributed by atoms with van der Waals surface area (Å²) in [6.07, 6.45) is 1.53. The predicted molar refractivity (Wildman–Crippen MR) is 87.1 cm³/mol. The molecule has 5 heteroatoms. The SMILES string of the molecule is CC(C)CSC[C@H](C)Nc1cccc(-c2ncn[nH]2)c1. The second-order valence-electron chi connectivity index (χ2n) is 5.39. The van der Waals surface area contributed by atoms with Gasteiger partial charge >= 0.3 is 0 Å². The standard InChI is InChI=1S/C15H22N4S/c1-11(2)8-20-9-12(3)18-14-6-4-5-13(7-14)15-16-10-17-19-15/h4-7,10-12,18H,8-9H2,1-3H3,(H,16,17,19)/t12-/m0/s1. The molecule has 108 valence electrons. The van der Waals surface area contributed by atoms with Gasteiger partial charge in [-0.2, -0.15) is 16.9 Å². The van der Waals surface area contributed by atoms with Gasteiger partial charge in [0.15, 0.2) is 5.82 Å². The van der Waals surface area contributed by atoms with Crippen molar-refractivity contribution < 1.29 is 0 Å². The van der Waals surface area contributed by atoms with Crippen LogP contribution in [-0.2, 0) is 0 Å². The third kappa shape index (κ3) is 4.56. The maximum atomic E-state index is 4.18. The lowest BCUT2D eigenvalue weighted by atomic mass is 10.2. The normalized spacial score (nSPS) is 12.6. The van der Waals surface area contributed by atoms with Gasteiger partial charge in [-0.05, 0) is 30.7 Å². The van der Waals surface area contributed by atoms with Crippen molar-refractivity contribution in [3.8, 4) is 11.4 Å². The highest BCUT2D eigenvalue weighted by Crippen LogP contribution is 2.20. The second-order valence-corrected chi connectivity index (χ2v) is 6.47. The van der Waals surface area contributed by atoms with E-state index >= 15 is 0 Å². The largest absolute Gasteiger partial charge is 0.382 e. The van der Waals surface area contributed by atoms with Gasteiger partial charge in [0.25, 0.3) is 0 Å². The fraction of sp³-hybridized carbons (Fsp3) is 0.467. The molecule has 1 heterocycles. The summed E-state index contributed by atoms with van der Waals surface area (Å²) in [5, 5.41) is 10.3. The first-order valence-corrected chi connectivity index (χ1v) is 8.10. The zero-order valence-electron chi connectivity index (χ0n) is 12.3. The molecule has 2 aromatic rings. The molecular weight excluding hydrogens is 268 g/mol. The van der Waals surface area contributed by atoms with Crippen LogP contribution in [0.5, 0.6) is 0 Å². The van der Waals surface area contributed by atoms with Gasteiger partial charge in [0, 0.05) is 23.0 Å². The number of anilines is 1. The highest BCUT2D eigenvalue weighted by Gasteiger charge is 2.05. The quantitative estimate of drug-likeness (QED) is 0.817. The minimum atomic E-state index is 0.448. The van der Waals surface area contributed by atoms with Crippen molar-refractivity contribution in [2.45, 2.75) is 26.8 Å². The number of thioether (sulfide) groups is 1. The number of aromatic amines is 1. The second kappa shape index (κ2) is 7.33. The van der Waals surface area contributed by atoms with Crippen molar-refractivity contribution >= 4 is 17.4 Å². The number of nitrogens with zero attached hydrogens (tertiary/aromatic N) is 2. The van der Waals surface area contributed by atoms with Crippen LogP contribution in [0, 0.1) is 5.92 Å². The summed E-state index contributed by atoms with van der Waals surface area (Å²) < 4.78 is 0. The zero-order chi connectivity index (χ0) is 14.4. The molecular formula is C15H22N4S. The molecule has 0 aliphatic carbocycles. The molecule has 1 aromatic heterocycles. The molecule has 0 aliphatic heterocycles. The van der Waals surface area contributed by atoms with Gasteiger partial charge < -0.3 is 5.32 Å². The monoisotopic (exact) mass is 290 g/mol. The van der Waals surface area contributed by atoms with E-state index in [-0.39, 0.29) is 0 Å². The number of rotatable bonds is 7. The van der Waals surface area contributed by atoms with Crippen LogP contribution in [0.15, 0.2) is 30.6 Å². The van der Waals surface area contributed by atoms with Gasteiger partial charge in [-0.15, -0.1) is 0 Å². The first kappa shape index (κ1) is 14.9. The summed E-state index contributed by atoms with van der Waals surface area (Å²) in [6, 6.07) is 8.70. The molecule has 0 bridgehead atoms. The Kier molecular flexibility index (Phi) is 5.47. The summed E-state index contributed by atoms with van der Waals surface area (Å²) in [7, 11) is 0. The van der Waals surface area contributed by atoms with Crippen LogP contribution >= 0.6 is 11.8 Å². The number of H-pyrrole nitrogens is 1. The lowest BCUT2D eigenvalue weighted by Crippen LogP contribution is -2.18. The maximum Gasteiger partial charge on any atom is 0.155 e. The number of nitrogens with one attached hydrogen (secondary N) is 2. The third-order valence-corrected chi connectivity index (χ3v) is 4.42. The van der Waals surface area contributed by atoms with Gasteiger partial charge in [0.1, 0.15) is 6.33 Å². The van der Waals surface area contributed by atoms with E-state index in [2.05, 4.69) is 53.4 Å². The van der Waals surface area contributed by atoms with Gasteiger partial charge in [0.2, 0.25) is 0 Å². The first-order valence-electron chi connectivity index (χ1n) is 6.95. The number of benzene rings is 1. The molecule has 0 spiro atoms. The zero-order valence-corrected chi connectivity index (χ0v) is 13.1. The van der Waals surface area contributed by atoms with E-state index < -0.39 is 0 Å². The molecule has 2 rings (SSSR count). The van der Waals surface area contributed by atoms with E-state index in [4.69, 9.17) is 0 Å². The molecule has 0 radical (unpaired) electrons. The minimum Gasteiger partial charge on any atom is -0.382 e. The summed E-state index contributed by atoms with van der Waals surface area (Å²) >= 11 is 2.00. The average Bonchev–Trinajstić information content (AvgIpc) is 2.92. The van der Waals surface area contributed by atoms with Gasteiger partial charge in [-0.25, -0.2) is 4.98 Å². The van der Waals surface area contributed by atoms with E-state index in [1.807, 2.05) is 23.9 Å². The average molecular weight is 290 g/mol. The Morgan fingerprint density at radius 3 is 2.80 bits per heavy atom. The van der Waals surface area contributed by atoms with Crippen LogP contribution in [0.4, 0.5) is 5.69 Å². The maximum absolute atomic E-state index is 4.18. The topological polar surface area (TPSA) is 53.6 Å². The fourth-order valence-electron chi connectivity index (χ4n) is 1.91. The van der Waals surface area contributed by atoms with Crippen molar-refractivity contribution in [1.82, 2.24) is 15.2 Å². The highest BCUT2D eigenvalue weighted by atomic mass is 32.2. The molecule has 0 amide bonds. The molecule has 4 nitrogen and oxygen atoms in total. The number of aromatic nitrogens is 3. The van der Waals surface area contributed by atoms with Crippen LogP contribution in [0.2, 0.25) is 0 Å². The van der Waals surface area contributed by atoms with Gasteiger partial charge in [-0.3, -0.25) is 5.10 Å². The highest BCUT2D eigenvalue weighted by molar-refractivity contribution is 7.99. The summed E-state index contributed by atoms with van der Waals surface area (Å²) in [6.45, 7) is 6.73. The Morgan fingerprint density at radius 2 is 2.10 bits per heavy atom. The molecule has 2 N–H and O–H groups in total. The Morgan fingerprint density at radius 1 is 1.25 bits per heavy atom. The Labute approximate surface area is 124 Å². The Hall–Kier alpha value is -1.49. The summed E-state index contributed by atoms with van der Waals surface area (Å²) in [5.74, 6) is 3.88. The van der Waals surface area contributed by atoms with Crippen LogP contribution in [0.25, 0.3) is 11.4 Å². The molecule has 0 saturated heterocycles. The van der Waals surface area contributed by atoms with Crippen LogP contribution in [0.3, 0.4) is 0 Å². The lowest BCUT2D eigenvalue weighted by molar-refractivity contribution is 0.748. The Bertz CT molecular complexity index is 510. The van der Waals surface area contributed by atoms with Crippen molar-refractivity contribution in [3.05, 3.63) is 30.6 Å². The van der Waals surface area contributed by atoms with Crippen LogP contribution < -0.4 is 5.32 Å². The van der Waals surface area contributed by atoms with E-state index in [0.29, 0.717) is 6.04 Å². The molecule has 20 heavy (non-hydrogen) atoms. The van der Waals surface area contributed by atoms with Crippen LogP contribution in [-0.4, -0.2) is 32.7 Å². The smallest absolute Gasteiger partial charge is 0.155 e. The van der Waals surface area contributed by atoms with Gasteiger partial charge in [0.05, 0.1) is 0 Å². The van der Waals surface area contributed by atoms with Crippen molar-refractivity contribution in [2.24, 2.45) is 5.92 Å². The fourth-order valence-corrected chi connectivity index (χ4v) is 2.95. The summed E-state index contributed by atoms with van der Waals surface area (Å²) in [5.41, 5.74) is 2.17. The van der Waals surface area contributed by atoms with E-state index in [1.165, 1.54) is 12.1 Å².